The Morgan fingerprint density at radius 3 is 2.07 bits per heavy atom. The van der Waals surface area contributed by atoms with Crippen LogP contribution in [0.1, 0.15) is 48.5 Å². The second-order valence-corrected chi connectivity index (χ2v) is 5.66. The number of hydrogen-bond donors (Lipinski definition) is 0. The molecule has 85 valence electrons. The van der Waals surface area contributed by atoms with Gasteiger partial charge in [0.15, 0.2) is 0 Å². The predicted molar refractivity (Wildman–Crippen MR) is 68.9 cm³/mol. The Morgan fingerprint density at radius 2 is 1.73 bits per heavy atom. The third kappa shape index (κ3) is 2.40. The second-order valence-electron chi connectivity index (χ2n) is 5.66. The van der Waals surface area contributed by atoms with Gasteiger partial charge in [-0.2, -0.15) is 0 Å². The van der Waals surface area contributed by atoms with Gasteiger partial charge in [-0.15, -0.1) is 0 Å². The SMILES string of the molecule is CC(C)=C1C(C(C)C)C(C)[B]N1C(C)C. The topological polar surface area (TPSA) is 3.24 Å². The fourth-order valence-electron chi connectivity index (χ4n) is 2.81. The first-order chi connectivity index (χ1) is 6.86. The van der Waals surface area contributed by atoms with Crippen LogP contribution in [0.4, 0.5) is 0 Å². The van der Waals surface area contributed by atoms with E-state index >= 15 is 0 Å². The summed E-state index contributed by atoms with van der Waals surface area (Å²) >= 11 is 0. The van der Waals surface area contributed by atoms with E-state index in [1.54, 1.807) is 5.70 Å². The predicted octanol–water partition coefficient (Wildman–Crippen LogP) is 3.70. The van der Waals surface area contributed by atoms with Gasteiger partial charge in [0.25, 0.3) is 0 Å². The Hall–Kier alpha value is -0.395. The molecule has 0 aromatic heterocycles. The lowest BCUT2D eigenvalue weighted by atomic mass is 9.70. The molecule has 0 spiro atoms. The highest BCUT2D eigenvalue weighted by molar-refractivity contribution is 6.36. The van der Waals surface area contributed by atoms with Crippen molar-refractivity contribution in [3.8, 4) is 0 Å². The van der Waals surface area contributed by atoms with Crippen LogP contribution in [0.2, 0.25) is 5.82 Å². The molecule has 0 bridgehead atoms. The standard InChI is InChI=1S/C13H25BN/c1-8(2)12-11(7)14-15(10(5)6)13(12)9(3)4/h8,10-12H,1-7H3. The molecule has 0 amide bonds. The van der Waals surface area contributed by atoms with E-state index in [-0.39, 0.29) is 0 Å². The molecule has 0 N–H and O–H groups in total. The number of allylic oxidation sites excluding steroid dienone is 2. The molecule has 2 unspecified atom stereocenters. The minimum absolute atomic E-state index is 0.584. The van der Waals surface area contributed by atoms with Crippen LogP contribution in [0.5, 0.6) is 0 Å². The highest BCUT2D eigenvalue weighted by atomic mass is 15.1. The van der Waals surface area contributed by atoms with Crippen molar-refractivity contribution in [2.75, 3.05) is 0 Å². The highest BCUT2D eigenvalue weighted by Gasteiger charge is 2.38. The third-order valence-electron chi connectivity index (χ3n) is 3.34. The van der Waals surface area contributed by atoms with Crippen molar-refractivity contribution >= 4 is 7.41 Å². The van der Waals surface area contributed by atoms with Crippen molar-refractivity contribution in [1.82, 2.24) is 4.81 Å². The van der Waals surface area contributed by atoms with E-state index in [9.17, 15) is 0 Å². The van der Waals surface area contributed by atoms with Crippen LogP contribution in [-0.2, 0) is 0 Å². The van der Waals surface area contributed by atoms with Crippen LogP contribution in [0, 0.1) is 11.8 Å². The van der Waals surface area contributed by atoms with Gasteiger partial charge >= 0.3 is 0 Å². The summed E-state index contributed by atoms with van der Waals surface area (Å²) in [7, 11) is 2.41. The molecular weight excluding hydrogens is 181 g/mol. The molecule has 1 saturated heterocycles. The zero-order chi connectivity index (χ0) is 11.7. The molecule has 1 heterocycles. The molecule has 1 fully saturated rings. The molecule has 0 aromatic rings. The largest absolute Gasteiger partial charge is 0.420 e. The van der Waals surface area contributed by atoms with Gasteiger partial charge in [0, 0.05) is 11.7 Å². The Balaban J connectivity index is 3.05. The van der Waals surface area contributed by atoms with Crippen molar-refractivity contribution in [1.29, 1.82) is 0 Å². The molecule has 0 aliphatic carbocycles. The first-order valence-electron chi connectivity index (χ1n) is 6.17. The van der Waals surface area contributed by atoms with Gasteiger partial charge in [-0.3, -0.25) is 0 Å². The van der Waals surface area contributed by atoms with Gasteiger partial charge in [-0.05, 0) is 45.3 Å². The van der Waals surface area contributed by atoms with Crippen molar-refractivity contribution in [3.05, 3.63) is 11.3 Å². The minimum atomic E-state index is 0.584. The van der Waals surface area contributed by atoms with Crippen molar-refractivity contribution in [3.63, 3.8) is 0 Å². The van der Waals surface area contributed by atoms with E-state index < -0.39 is 0 Å². The van der Waals surface area contributed by atoms with Crippen LogP contribution in [0.25, 0.3) is 0 Å². The average molecular weight is 206 g/mol. The minimum Gasteiger partial charge on any atom is -0.420 e. The summed E-state index contributed by atoms with van der Waals surface area (Å²) in [4.78, 5) is 2.48. The van der Waals surface area contributed by atoms with E-state index in [0.717, 1.165) is 5.92 Å². The molecular formula is C13H25BN. The molecule has 2 heteroatoms. The van der Waals surface area contributed by atoms with Crippen LogP contribution in [-0.4, -0.2) is 18.3 Å². The van der Waals surface area contributed by atoms with Gasteiger partial charge in [-0.1, -0.05) is 26.3 Å². The Kier molecular flexibility index (Phi) is 3.91. The van der Waals surface area contributed by atoms with E-state index in [0.29, 0.717) is 17.8 Å². The van der Waals surface area contributed by atoms with Gasteiger partial charge < -0.3 is 4.81 Å². The summed E-state index contributed by atoms with van der Waals surface area (Å²) in [6.45, 7) is 16.0. The summed E-state index contributed by atoms with van der Waals surface area (Å²) in [5, 5.41) is 0. The maximum absolute atomic E-state index is 2.48. The molecule has 1 nitrogen and oxygen atoms in total. The normalized spacial score (nSPS) is 26.5. The monoisotopic (exact) mass is 206 g/mol. The van der Waals surface area contributed by atoms with Crippen molar-refractivity contribution in [2.24, 2.45) is 11.8 Å². The molecule has 1 aliphatic heterocycles. The fraction of sp³-hybridized carbons (Fsp3) is 0.846. The molecule has 2 atom stereocenters. The van der Waals surface area contributed by atoms with Crippen molar-refractivity contribution in [2.45, 2.75) is 60.3 Å². The first-order valence-corrected chi connectivity index (χ1v) is 6.17. The summed E-state index contributed by atoms with van der Waals surface area (Å²) in [5.74, 6) is 2.11. The number of nitrogens with zero attached hydrogens (tertiary/aromatic N) is 1. The van der Waals surface area contributed by atoms with E-state index in [4.69, 9.17) is 0 Å². The van der Waals surface area contributed by atoms with Gasteiger partial charge in [-0.25, -0.2) is 0 Å². The van der Waals surface area contributed by atoms with Gasteiger partial charge in [0.05, 0.1) is 0 Å². The summed E-state index contributed by atoms with van der Waals surface area (Å²) < 4.78 is 0. The Labute approximate surface area is 96.2 Å². The van der Waals surface area contributed by atoms with Crippen LogP contribution in [0.15, 0.2) is 11.3 Å². The molecule has 1 rings (SSSR count). The maximum Gasteiger partial charge on any atom is 0.249 e. The molecule has 1 radical (unpaired) electrons. The van der Waals surface area contributed by atoms with Crippen molar-refractivity contribution < 1.29 is 0 Å². The average Bonchev–Trinajstić information content (AvgIpc) is 2.42. The van der Waals surface area contributed by atoms with E-state index in [2.05, 4.69) is 60.7 Å². The first kappa shape index (κ1) is 12.7. The Morgan fingerprint density at radius 1 is 1.20 bits per heavy atom. The summed E-state index contributed by atoms with van der Waals surface area (Å²) in [5.41, 5.74) is 3.04. The lowest BCUT2D eigenvalue weighted by Crippen LogP contribution is -2.30. The number of rotatable bonds is 2. The zero-order valence-corrected chi connectivity index (χ0v) is 11.3. The lowest BCUT2D eigenvalue weighted by molar-refractivity contribution is 0.368. The highest BCUT2D eigenvalue weighted by Crippen LogP contribution is 2.42. The quantitative estimate of drug-likeness (QED) is 0.622. The number of hydrogen-bond acceptors (Lipinski definition) is 1. The second kappa shape index (κ2) is 4.63. The molecule has 1 aliphatic rings. The Bertz CT molecular complexity index is 251. The fourth-order valence-corrected chi connectivity index (χ4v) is 2.81. The summed E-state index contributed by atoms with van der Waals surface area (Å²) in [6, 6.07) is 0.584. The summed E-state index contributed by atoms with van der Waals surface area (Å²) in [6.07, 6.45) is 0. The molecule has 15 heavy (non-hydrogen) atoms. The maximum atomic E-state index is 2.48. The van der Waals surface area contributed by atoms with Crippen LogP contribution >= 0.6 is 0 Å². The van der Waals surface area contributed by atoms with Gasteiger partial charge in [0.2, 0.25) is 7.41 Å². The van der Waals surface area contributed by atoms with E-state index in [1.165, 1.54) is 5.57 Å². The zero-order valence-electron chi connectivity index (χ0n) is 11.3. The van der Waals surface area contributed by atoms with Gasteiger partial charge in [0.1, 0.15) is 0 Å². The third-order valence-corrected chi connectivity index (χ3v) is 3.34. The lowest BCUT2D eigenvalue weighted by Gasteiger charge is -2.30. The molecule has 0 aromatic carbocycles. The van der Waals surface area contributed by atoms with Crippen LogP contribution < -0.4 is 0 Å². The smallest absolute Gasteiger partial charge is 0.249 e. The molecule has 0 saturated carbocycles. The van der Waals surface area contributed by atoms with Crippen LogP contribution in [0.3, 0.4) is 0 Å². The van der Waals surface area contributed by atoms with E-state index in [1.807, 2.05) is 0 Å².